The summed E-state index contributed by atoms with van der Waals surface area (Å²) in [4.78, 5) is 0.208. The molecule has 0 amide bonds. The molecule has 0 atom stereocenters. The Hall–Kier alpha value is -1.50. The maximum Gasteiger partial charge on any atom is 0.240 e. The van der Waals surface area contributed by atoms with Gasteiger partial charge in [0, 0.05) is 12.3 Å². The Kier molecular flexibility index (Phi) is 5.05. The van der Waals surface area contributed by atoms with Crippen LogP contribution in [-0.4, -0.2) is 20.7 Å². The molecule has 2 aromatic rings. The van der Waals surface area contributed by atoms with Crippen molar-refractivity contribution in [3.8, 4) is 11.5 Å². The number of rotatable bonds is 6. The predicted octanol–water partition coefficient (Wildman–Crippen LogP) is 2.69. The van der Waals surface area contributed by atoms with Gasteiger partial charge in [0.05, 0.1) is 4.90 Å². The van der Waals surface area contributed by atoms with Crippen LogP contribution >= 0.6 is 12.6 Å². The quantitative estimate of drug-likeness (QED) is 0.807. The molecule has 20 heavy (non-hydrogen) atoms. The Morgan fingerprint density at radius 3 is 2.15 bits per heavy atom. The van der Waals surface area contributed by atoms with Gasteiger partial charge in [-0.1, -0.05) is 18.2 Å². The van der Waals surface area contributed by atoms with Gasteiger partial charge in [-0.15, -0.1) is 0 Å². The average Bonchev–Trinajstić information content (AvgIpc) is 2.47. The van der Waals surface area contributed by atoms with E-state index in [1.165, 1.54) is 12.1 Å². The van der Waals surface area contributed by atoms with Crippen LogP contribution in [0.15, 0.2) is 59.5 Å². The average molecular weight is 309 g/mol. The third-order valence-corrected chi connectivity index (χ3v) is 4.22. The van der Waals surface area contributed by atoms with Crippen LogP contribution < -0.4 is 9.46 Å². The third-order valence-electron chi connectivity index (χ3n) is 2.52. The molecule has 0 aliphatic carbocycles. The van der Waals surface area contributed by atoms with E-state index in [2.05, 4.69) is 17.4 Å². The smallest absolute Gasteiger partial charge is 0.240 e. The second kappa shape index (κ2) is 6.78. The van der Waals surface area contributed by atoms with E-state index >= 15 is 0 Å². The zero-order chi connectivity index (χ0) is 14.4. The largest absolute Gasteiger partial charge is 0.457 e. The van der Waals surface area contributed by atoms with Crippen LogP contribution in [0.25, 0.3) is 0 Å². The Balaban J connectivity index is 2.10. The van der Waals surface area contributed by atoms with Crippen molar-refractivity contribution in [1.82, 2.24) is 4.72 Å². The molecule has 1 N–H and O–H groups in total. The zero-order valence-electron chi connectivity index (χ0n) is 10.7. The minimum atomic E-state index is -3.47. The summed E-state index contributed by atoms with van der Waals surface area (Å²) >= 11 is 3.97. The standard InChI is InChI=1S/C14H15NO3S2/c16-20(17,15-10-11-19)14-8-6-13(7-9-14)18-12-4-2-1-3-5-12/h1-9,15,19H,10-11H2. The fourth-order valence-electron chi connectivity index (χ4n) is 1.57. The number of hydrogen-bond donors (Lipinski definition) is 2. The number of thiol groups is 1. The first kappa shape index (κ1) is 14.9. The van der Waals surface area contributed by atoms with Gasteiger partial charge in [0.25, 0.3) is 0 Å². The highest BCUT2D eigenvalue weighted by Gasteiger charge is 2.12. The van der Waals surface area contributed by atoms with Gasteiger partial charge < -0.3 is 4.74 Å². The van der Waals surface area contributed by atoms with E-state index in [4.69, 9.17) is 4.74 Å². The lowest BCUT2D eigenvalue weighted by Crippen LogP contribution is -2.25. The number of nitrogens with one attached hydrogen (secondary N) is 1. The predicted molar refractivity (Wildman–Crippen MR) is 82.0 cm³/mol. The maximum atomic E-state index is 11.9. The Morgan fingerprint density at radius 1 is 0.950 bits per heavy atom. The van der Waals surface area contributed by atoms with E-state index in [-0.39, 0.29) is 4.90 Å². The normalized spacial score (nSPS) is 11.2. The number of hydrogen-bond acceptors (Lipinski definition) is 4. The van der Waals surface area contributed by atoms with Crippen molar-refractivity contribution < 1.29 is 13.2 Å². The van der Waals surface area contributed by atoms with Crippen molar-refractivity contribution in [3.05, 3.63) is 54.6 Å². The fraction of sp³-hybridized carbons (Fsp3) is 0.143. The Labute approximate surface area is 124 Å². The van der Waals surface area contributed by atoms with Gasteiger partial charge in [0.2, 0.25) is 10.0 Å². The zero-order valence-corrected chi connectivity index (χ0v) is 12.4. The SMILES string of the molecule is O=S(=O)(NCCS)c1ccc(Oc2ccccc2)cc1. The van der Waals surface area contributed by atoms with E-state index in [9.17, 15) is 8.42 Å². The first-order valence-electron chi connectivity index (χ1n) is 6.05. The summed E-state index contributed by atoms with van der Waals surface area (Å²) in [6.07, 6.45) is 0. The number of para-hydroxylation sites is 1. The summed E-state index contributed by atoms with van der Waals surface area (Å²) < 4.78 is 31.8. The molecule has 0 spiro atoms. The maximum absolute atomic E-state index is 11.9. The molecule has 0 aliphatic heterocycles. The minimum absolute atomic E-state index is 0.208. The molecule has 0 aliphatic rings. The highest BCUT2D eigenvalue weighted by Crippen LogP contribution is 2.22. The summed E-state index contributed by atoms with van der Waals surface area (Å²) in [7, 11) is -3.47. The minimum Gasteiger partial charge on any atom is -0.457 e. The molecular weight excluding hydrogens is 294 g/mol. The van der Waals surface area contributed by atoms with Crippen molar-refractivity contribution in [3.63, 3.8) is 0 Å². The number of ether oxygens (including phenoxy) is 1. The van der Waals surface area contributed by atoms with Crippen LogP contribution in [0.1, 0.15) is 0 Å². The highest BCUT2D eigenvalue weighted by molar-refractivity contribution is 7.89. The van der Waals surface area contributed by atoms with Crippen molar-refractivity contribution in [2.24, 2.45) is 0 Å². The molecule has 6 heteroatoms. The van der Waals surface area contributed by atoms with Gasteiger partial charge >= 0.3 is 0 Å². The van der Waals surface area contributed by atoms with E-state index in [1.54, 1.807) is 12.1 Å². The van der Waals surface area contributed by atoms with Gasteiger partial charge in [-0.05, 0) is 36.4 Å². The van der Waals surface area contributed by atoms with Crippen molar-refractivity contribution in [2.45, 2.75) is 4.90 Å². The topological polar surface area (TPSA) is 55.4 Å². The second-order valence-electron chi connectivity index (χ2n) is 4.01. The van der Waals surface area contributed by atoms with E-state index in [0.29, 0.717) is 23.8 Å². The molecule has 0 heterocycles. The molecule has 0 aromatic heterocycles. The Morgan fingerprint density at radius 2 is 1.55 bits per heavy atom. The molecule has 0 saturated carbocycles. The van der Waals surface area contributed by atoms with E-state index in [0.717, 1.165) is 0 Å². The first-order valence-corrected chi connectivity index (χ1v) is 8.17. The number of sulfonamides is 1. The molecular formula is C14H15NO3S2. The van der Waals surface area contributed by atoms with Gasteiger partial charge in [0.15, 0.2) is 0 Å². The molecule has 0 fully saturated rings. The molecule has 106 valence electrons. The fourth-order valence-corrected chi connectivity index (χ4v) is 2.87. The third kappa shape index (κ3) is 4.00. The summed E-state index contributed by atoms with van der Waals surface area (Å²) in [5.41, 5.74) is 0. The van der Waals surface area contributed by atoms with Gasteiger partial charge in [-0.3, -0.25) is 0 Å². The van der Waals surface area contributed by atoms with Crippen LogP contribution in [0.5, 0.6) is 11.5 Å². The lowest BCUT2D eigenvalue weighted by atomic mass is 10.3. The summed E-state index contributed by atoms with van der Waals surface area (Å²) in [6, 6.07) is 15.6. The summed E-state index contributed by atoms with van der Waals surface area (Å²) in [5, 5.41) is 0. The molecule has 4 nitrogen and oxygen atoms in total. The number of benzene rings is 2. The van der Waals surface area contributed by atoms with Crippen molar-refractivity contribution in [1.29, 1.82) is 0 Å². The van der Waals surface area contributed by atoms with Crippen LogP contribution in [0.2, 0.25) is 0 Å². The molecule has 2 rings (SSSR count). The van der Waals surface area contributed by atoms with E-state index < -0.39 is 10.0 Å². The van der Waals surface area contributed by atoms with Gasteiger partial charge in [0.1, 0.15) is 11.5 Å². The lowest BCUT2D eigenvalue weighted by Gasteiger charge is -2.08. The molecule has 0 bridgehead atoms. The Bertz CT molecular complexity index is 640. The monoisotopic (exact) mass is 309 g/mol. The molecule has 0 unspecified atom stereocenters. The second-order valence-corrected chi connectivity index (χ2v) is 6.22. The molecule has 0 radical (unpaired) electrons. The molecule has 0 saturated heterocycles. The van der Waals surface area contributed by atoms with Crippen molar-refractivity contribution >= 4 is 22.7 Å². The summed E-state index contributed by atoms with van der Waals surface area (Å²) in [5.74, 6) is 1.75. The van der Waals surface area contributed by atoms with Crippen molar-refractivity contribution in [2.75, 3.05) is 12.3 Å². The van der Waals surface area contributed by atoms with E-state index in [1.807, 2.05) is 30.3 Å². The van der Waals surface area contributed by atoms with Gasteiger partial charge in [-0.25, -0.2) is 13.1 Å². The van der Waals surface area contributed by atoms with Crippen LogP contribution in [-0.2, 0) is 10.0 Å². The van der Waals surface area contributed by atoms with Crippen LogP contribution in [0.3, 0.4) is 0 Å². The lowest BCUT2D eigenvalue weighted by molar-refractivity contribution is 0.482. The first-order chi connectivity index (χ1) is 9.62. The highest BCUT2D eigenvalue weighted by atomic mass is 32.2. The van der Waals surface area contributed by atoms with Crippen LogP contribution in [0, 0.1) is 0 Å². The van der Waals surface area contributed by atoms with Crippen LogP contribution in [0.4, 0.5) is 0 Å². The summed E-state index contributed by atoms with van der Waals surface area (Å²) in [6.45, 7) is 0.299. The van der Waals surface area contributed by atoms with Gasteiger partial charge in [-0.2, -0.15) is 12.6 Å². The molecule has 2 aromatic carbocycles.